The Labute approximate surface area is 133 Å². The number of aliphatic carboxylic acids is 1. The summed E-state index contributed by atoms with van der Waals surface area (Å²) in [5, 5.41) is 12.5. The third-order valence-electron chi connectivity index (χ3n) is 3.54. The van der Waals surface area contributed by atoms with Gasteiger partial charge in [0, 0.05) is 10.4 Å². The Bertz CT molecular complexity index is 823. The van der Waals surface area contributed by atoms with Gasteiger partial charge in [-0.2, -0.15) is 0 Å². The van der Waals surface area contributed by atoms with Crippen molar-refractivity contribution in [2.24, 2.45) is 0 Å². The van der Waals surface area contributed by atoms with Crippen LogP contribution in [0.5, 0.6) is 0 Å². The third-order valence-corrected chi connectivity index (χ3v) is 4.66. The lowest BCUT2D eigenvalue weighted by molar-refractivity contribution is -0.136. The van der Waals surface area contributed by atoms with Gasteiger partial charge in [-0.05, 0) is 29.7 Å². The Kier molecular flexibility index (Phi) is 4.20. The van der Waals surface area contributed by atoms with Crippen molar-refractivity contribution in [3.05, 3.63) is 52.3 Å². The number of carboxylic acids is 1. The lowest BCUT2D eigenvalue weighted by atomic mass is 10.0. The van der Waals surface area contributed by atoms with E-state index in [1.807, 2.05) is 18.2 Å². The first-order valence-corrected chi connectivity index (χ1v) is 8.18. The molecule has 3 nitrogen and oxygen atoms in total. The second-order valence-corrected chi connectivity index (χ2v) is 6.43. The molecule has 0 aliphatic carbocycles. The fourth-order valence-corrected chi connectivity index (χ4v) is 3.72. The minimum atomic E-state index is -0.811. The maximum absolute atomic E-state index is 11.1. The summed E-state index contributed by atoms with van der Waals surface area (Å²) in [5.41, 5.74) is 1.81. The molecule has 0 unspecified atom stereocenters. The summed E-state index contributed by atoms with van der Waals surface area (Å²) in [6.07, 6.45) is 1.94. The van der Waals surface area contributed by atoms with E-state index in [1.54, 1.807) is 0 Å². The maximum Gasteiger partial charge on any atom is 0.308 e. The zero-order valence-corrected chi connectivity index (χ0v) is 13.2. The molecule has 2 aromatic carbocycles. The number of hydrogen-bond acceptors (Lipinski definition) is 3. The summed E-state index contributed by atoms with van der Waals surface area (Å²) in [4.78, 5) is 16.6. The smallest absolute Gasteiger partial charge is 0.308 e. The van der Waals surface area contributed by atoms with Crippen LogP contribution in [-0.2, 0) is 17.6 Å². The number of hydrogen-bond donors (Lipinski definition) is 1. The molecule has 112 valence electrons. The van der Waals surface area contributed by atoms with Gasteiger partial charge in [0.25, 0.3) is 0 Å². The fourth-order valence-electron chi connectivity index (χ4n) is 2.54. The highest BCUT2D eigenvalue weighted by Crippen LogP contribution is 2.31. The summed E-state index contributed by atoms with van der Waals surface area (Å²) in [6.45, 7) is 2.11. The van der Waals surface area contributed by atoms with Crippen LogP contribution in [0.3, 0.4) is 0 Å². The maximum atomic E-state index is 11.1. The number of thiazole rings is 1. The quantitative estimate of drug-likeness (QED) is 0.752. The first-order chi connectivity index (χ1) is 10.7. The van der Waals surface area contributed by atoms with E-state index in [2.05, 4.69) is 36.2 Å². The molecule has 0 fully saturated rings. The van der Waals surface area contributed by atoms with Crippen LogP contribution in [0.2, 0.25) is 0 Å². The van der Waals surface area contributed by atoms with E-state index < -0.39 is 5.97 Å². The number of aromatic nitrogens is 1. The molecule has 0 spiro atoms. The van der Waals surface area contributed by atoms with Crippen LogP contribution in [0.25, 0.3) is 22.0 Å². The molecular weight excluding hydrogens is 294 g/mol. The normalized spacial score (nSPS) is 11.0. The number of fused-ring (bicyclic) bond motifs is 1. The van der Waals surface area contributed by atoms with Crippen molar-refractivity contribution < 1.29 is 9.90 Å². The van der Waals surface area contributed by atoms with Crippen LogP contribution < -0.4 is 0 Å². The average molecular weight is 311 g/mol. The van der Waals surface area contributed by atoms with Gasteiger partial charge in [-0.3, -0.25) is 4.79 Å². The Balaban J connectivity index is 2.08. The molecule has 22 heavy (non-hydrogen) atoms. The second kappa shape index (κ2) is 6.28. The summed E-state index contributed by atoms with van der Waals surface area (Å²) in [6, 6.07) is 14.3. The topological polar surface area (TPSA) is 50.2 Å². The van der Waals surface area contributed by atoms with E-state index in [4.69, 9.17) is 5.11 Å². The molecule has 1 aromatic heterocycles. The van der Waals surface area contributed by atoms with Crippen molar-refractivity contribution in [2.45, 2.75) is 26.2 Å². The molecule has 0 amide bonds. The highest BCUT2D eigenvalue weighted by atomic mass is 32.1. The van der Waals surface area contributed by atoms with E-state index in [1.165, 1.54) is 16.7 Å². The number of rotatable bonds is 5. The number of carboxylic acid groups (broad SMARTS) is 1. The van der Waals surface area contributed by atoms with Gasteiger partial charge in [0.05, 0.1) is 17.1 Å². The highest BCUT2D eigenvalue weighted by Gasteiger charge is 2.15. The standard InChI is InChI=1S/C18H17NO2S/c1-2-5-16-19-18(15(22-16)11-17(20)21)14-9-8-12-6-3-4-7-13(12)10-14/h3-4,6-10H,2,5,11H2,1H3,(H,20,21). The van der Waals surface area contributed by atoms with Gasteiger partial charge in [-0.25, -0.2) is 4.98 Å². The SMILES string of the molecule is CCCc1nc(-c2ccc3ccccc3c2)c(CC(=O)O)s1. The minimum Gasteiger partial charge on any atom is -0.481 e. The first-order valence-electron chi connectivity index (χ1n) is 7.37. The molecule has 4 heteroatoms. The van der Waals surface area contributed by atoms with Crippen LogP contribution >= 0.6 is 11.3 Å². The molecule has 0 saturated carbocycles. The van der Waals surface area contributed by atoms with Gasteiger partial charge < -0.3 is 5.11 Å². The number of carbonyl (C=O) groups is 1. The Morgan fingerprint density at radius 2 is 1.95 bits per heavy atom. The van der Waals surface area contributed by atoms with Gasteiger partial charge in [0.15, 0.2) is 0 Å². The van der Waals surface area contributed by atoms with Crippen LogP contribution in [-0.4, -0.2) is 16.1 Å². The zero-order chi connectivity index (χ0) is 15.5. The van der Waals surface area contributed by atoms with Crippen molar-refractivity contribution in [2.75, 3.05) is 0 Å². The molecule has 3 rings (SSSR count). The van der Waals surface area contributed by atoms with Crippen molar-refractivity contribution in [1.29, 1.82) is 0 Å². The van der Waals surface area contributed by atoms with Gasteiger partial charge in [0.2, 0.25) is 0 Å². The van der Waals surface area contributed by atoms with E-state index in [9.17, 15) is 4.79 Å². The molecule has 1 N–H and O–H groups in total. The molecule has 3 aromatic rings. The largest absolute Gasteiger partial charge is 0.481 e. The lowest BCUT2D eigenvalue weighted by Crippen LogP contribution is -1.99. The summed E-state index contributed by atoms with van der Waals surface area (Å²) in [7, 11) is 0. The number of nitrogens with zero attached hydrogens (tertiary/aromatic N) is 1. The zero-order valence-electron chi connectivity index (χ0n) is 12.4. The van der Waals surface area contributed by atoms with E-state index in [0.29, 0.717) is 0 Å². The molecule has 0 atom stereocenters. The van der Waals surface area contributed by atoms with E-state index in [-0.39, 0.29) is 6.42 Å². The minimum absolute atomic E-state index is 0.0313. The third kappa shape index (κ3) is 3.02. The van der Waals surface area contributed by atoms with Crippen molar-refractivity contribution in [3.63, 3.8) is 0 Å². The van der Waals surface area contributed by atoms with Crippen LogP contribution in [0.15, 0.2) is 42.5 Å². The molecule has 0 aliphatic rings. The van der Waals surface area contributed by atoms with Crippen LogP contribution in [0, 0.1) is 0 Å². The fraction of sp³-hybridized carbons (Fsp3) is 0.222. The predicted molar refractivity (Wildman–Crippen MR) is 90.4 cm³/mol. The van der Waals surface area contributed by atoms with E-state index in [0.717, 1.165) is 39.4 Å². The first kappa shape index (κ1) is 14.7. The highest BCUT2D eigenvalue weighted by molar-refractivity contribution is 7.12. The summed E-state index contributed by atoms with van der Waals surface area (Å²) < 4.78 is 0. The van der Waals surface area contributed by atoms with Gasteiger partial charge in [-0.15, -0.1) is 11.3 Å². The van der Waals surface area contributed by atoms with Crippen LogP contribution in [0.1, 0.15) is 23.2 Å². The Morgan fingerprint density at radius 1 is 1.18 bits per heavy atom. The predicted octanol–water partition coefficient (Wildman–Crippen LogP) is 4.54. The van der Waals surface area contributed by atoms with Gasteiger partial charge in [0.1, 0.15) is 0 Å². The second-order valence-electron chi connectivity index (χ2n) is 5.26. The summed E-state index contributed by atoms with van der Waals surface area (Å²) >= 11 is 1.52. The van der Waals surface area contributed by atoms with Crippen molar-refractivity contribution in [3.8, 4) is 11.3 Å². The Morgan fingerprint density at radius 3 is 2.68 bits per heavy atom. The van der Waals surface area contributed by atoms with E-state index >= 15 is 0 Å². The van der Waals surface area contributed by atoms with Gasteiger partial charge >= 0.3 is 5.97 Å². The molecule has 0 saturated heterocycles. The number of benzene rings is 2. The lowest BCUT2D eigenvalue weighted by Gasteiger charge is -2.03. The molecular formula is C18H17NO2S. The van der Waals surface area contributed by atoms with Crippen molar-refractivity contribution in [1.82, 2.24) is 4.98 Å². The molecule has 1 heterocycles. The molecule has 0 aliphatic heterocycles. The Hall–Kier alpha value is -2.20. The number of aryl methyl sites for hydroxylation is 1. The monoisotopic (exact) mass is 311 g/mol. The van der Waals surface area contributed by atoms with Crippen LogP contribution in [0.4, 0.5) is 0 Å². The van der Waals surface area contributed by atoms with Crippen molar-refractivity contribution >= 4 is 28.1 Å². The average Bonchev–Trinajstić information content (AvgIpc) is 2.89. The molecule has 0 bridgehead atoms. The summed E-state index contributed by atoms with van der Waals surface area (Å²) in [5.74, 6) is -0.811. The molecule has 0 radical (unpaired) electrons. The van der Waals surface area contributed by atoms with Gasteiger partial charge in [-0.1, -0.05) is 43.3 Å².